The normalized spacial score (nSPS) is 9.69. The number of ether oxygens (including phenoxy) is 1. The van der Waals surface area contributed by atoms with Crippen LogP contribution in [0.25, 0.3) is 0 Å². The van der Waals surface area contributed by atoms with Gasteiger partial charge in [-0.1, -0.05) is 0 Å². The third-order valence-electron chi connectivity index (χ3n) is 1.77. The zero-order valence-electron chi connectivity index (χ0n) is 7.91. The van der Waals surface area contributed by atoms with Crippen LogP contribution in [0.2, 0.25) is 0 Å². The van der Waals surface area contributed by atoms with E-state index < -0.39 is 0 Å². The summed E-state index contributed by atoms with van der Waals surface area (Å²) < 4.78 is 4.97. The molecule has 1 aromatic heterocycles. The highest BCUT2D eigenvalue weighted by molar-refractivity contribution is 5.75. The molecule has 0 amide bonds. The fourth-order valence-electron chi connectivity index (χ4n) is 0.984. The number of carbonyl (C=O) groups excluding carboxylic acids is 1. The van der Waals surface area contributed by atoms with Crippen LogP contribution in [0.4, 0.5) is 0 Å². The van der Waals surface area contributed by atoms with Gasteiger partial charge in [0.25, 0.3) is 0 Å². The Labute approximate surface area is 77.8 Å². The molecule has 3 heteroatoms. The second kappa shape index (κ2) is 4.60. The number of rotatable bonds is 4. The number of carbonyl (C=O) groups is 1. The van der Waals surface area contributed by atoms with E-state index in [0.717, 1.165) is 11.4 Å². The van der Waals surface area contributed by atoms with Crippen molar-refractivity contribution in [1.29, 1.82) is 0 Å². The molecule has 1 aromatic rings. The quantitative estimate of drug-likeness (QED) is 0.705. The van der Waals surface area contributed by atoms with Gasteiger partial charge in [0.15, 0.2) is 0 Å². The predicted molar refractivity (Wildman–Crippen MR) is 49.8 cm³/mol. The molecule has 0 saturated carbocycles. The third-order valence-corrected chi connectivity index (χ3v) is 1.77. The molecule has 70 valence electrons. The Morgan fingerprint density at radius 3 is 2.77 bits per heavy atom. The van der Waals surface area contributed by atoms with E-state index in [9.17, 15) is 4.79 Å². The van der Waals surface area contributed by atoms with Crippen LogP contribution in [0.3, 0.4) is 0 Å². The average Bonchev–Trinajstić information content (AvgIpc) is 2.15. The first kappa shape index (κ1) is 9.71. The Kier molecular flexibility index (Phi) is 3.43. The van der Waals surface area contributed by atoms with Gasteiger partial charge in [-0.15, -0.1) is 0 Å². The van der Waals surface area contributed by atoms with Crippen LogP contribution in [-0.2, 0) is 11.2 Å². The summed E-state index contributed by atoms with van der Waals surface area (Å²) in [6.45, 7) is 1.59. The molecule has 1 heterocycles. The summed E-state index contributed by atoms with van der Waals surface area (Å²) in [6, 6.07) is 3.73. The Morgan fingerprint density at radius 1 is 1.54 bits per heavy atom. The topological polar surface area (TPSA) is 39.2 Å². The van der Waals surface area contributed by atoms with Crippen molar-refractivity contribution in [2.45, 2.75) is 19.8 Å². The van der Waals surface area contributed by atoms with Crippen LogP contribution in [0.15, 0.2) is 18.3 Å². The first-order valence-corrected chi connectivity index (χ1v) is 4.20. The van der Waals surface area contributed by atoms with Gasteiger partial charge in [-0.05, 0) is 25.5 Å². The Balaban J connectivity index is 2.54. The maximum atomic E-state index is 10.7. The number of aromatic nitrogens is 1. The van der Waals surface area contributed by atoms with E-state index >= 15 is 0 Å². The van der Waals surface area contributed by atoms with E-state index in [1.165, 1.54) is 0 Å². The molecule has 0 spiro atoms. The van der Waals surface area contributed by atoms with Crippen molar-refractivity contribution in [1.82, 2.24) is 4.98 Å². The molecule has 0 atom stereocenters. The summed E-state index contributed by atoms with van der Waals surface area (Å²) in [5.41, 5.74) is 0.927. The van der Waals surface area contributed by atoms with Gasteiger partial charge in [0.05, 0.1) is 13.3 Å². The highest BCUT2D eigenvalue weighted by atomic mass is 16.5. The smallest absolute Gasteiger partial charge is 0.137 e. The molecule has 0 aliphatic heterocycles. The molecule has 0 N–H and O–H groups in total. The molecule has 3 nitrogen and oxygen atoms in total. The van der Waals surface area contributed by atoms with Gasteiger partial charge in [0.2, 0.25) is 0 Å². The fourth-order valence-corrected chi connectivity index (χ4v) is 0.984. The molecule has 0 radical (unpaired) electrons. The standard InChI is InChI=1S/C10H13NO2/c1-8(12)3-4-9-5-6-10(13-2)7-11-9/h5-7H,3-4H2,1-2H3. The molecule has 13 heavy (non-hydrogen) atoms. The van der Waals surface area contributed by atoms with Crippen LogP contribution in [0.1, 0.15) is 19.0 Å². The van der Waals surface area contributed by atoms with Gasteiger partial charge in [0, 0.05) is 12.1 Å². The van der Waals surface area contributed by atoms with E-state index in [1.807, 2.05) is 12.1 Å². The summed E-state index contributed by atoms with van der Waals surface area (Å²) >= 11 is 0. The minimum atomic E-state index is 0.192. The summed E-state index contributed by atoms with van der Waals surface area (Å²) in [5, 5.41) is 0. The fraction of sp³-hybridized carbons (Fsp3) is 0.400. The van der Waals surface area contributed by atoms with Crippen LogP contribution < -0.4 is 4.74 Å². The van der Waals surface area contributed by atoms with Gasteiger partial charge in [-0.2, -0.15) is 0 Å². The van der Waals surface area contributed by atoms with Crippen molar-refractivity contribution in [2.75, 3.05) is 7.11 Å². The van der Waals surface area contributed by atoms with Crippen LogP contribution in [-0.4, -0.2) is 17.9 Å². The lowest BCUT2D eigenvalue weighted by Crippen LogP contribution is -1.96. The molecule has 1 rings (SSSR count). The van der Waals surface area contributed by atoms with Gasteiger partial charge in [0.1, 0.15) is 11.5 Å². The van der Waals surface area contributed by atoms with Crippen LogP contribution >= 0.6 is 0 Å². The van der Waals surface area contributed by atoms with Crippen molar-refractivity contribution in [3.05, 3.63) is 24.0 Å². The second-order valence-corrected chi connectivity index (χ2v) is 2.89. The molecule has 0 aliphatic rings. The van der Waals surface area contributed by atoms with Gasteiger partial charge < -0.3 is 9.53 Å². The minimum absolute atomic E-state index is 0.192. The lowest BCUT2D eigenvalue weighted by atomic mass is 10.2. The van der Waals surface area contributed by atoms with E-state index in [2.05, 4.69) is 4.98 Å². The first-order chi connectivity index (χ1) is 6.22. The summed E-state index contributed by atoms with van der Waals surface area (Å²) in [5.74, 6) is 0.934. The minimum Gasteiger partial charge on any atom is -0.495 e. The summed E-state index contributed by atoms with van der Waals surface area (Å²) in [4.78, 5) is 14.8. The zero-order chi connectivity index (χ0) is 9.68. The zero-order valence-corrected chi connectivity index (χ0v) is 7.91. The van der Waals surface area contributed by atoms with E-state index in [0.29, 0.717) is 12.8 Å². The molecule has 0 unspecified atom stereocenters. The van der Waals surface area contributed by atoms with Gasteiger partial charge in [-0.3, -0.25) is 4.98 Å². The van der Waals surface area contributed by atoms with Crippen molar-refractivity contribution < 1.29 is 9.53 Å². The summed E-state index contributed by atoms with van der Waals surface area (Å²) in [7, 11) is 1.60. The number of nitrogens with zero attached hydrogens (tertiary/aromatic N) is 1. The first-order valence-electron chi connectivity index (χ1n) is 4.20. The third kappa shape index (κ3) is 3.23. The molecule has 0 bridgehead atoms. The predicted octanol–water partition coefficient (Wildman–Crippen LogP) is 1.61. The number of Topliss-reactive ketones (excluding diaryl/α,β-unsaturated/α-hetero) is 1. The van der Waals surface area contributed by atoms with Crippen LogP contribution in [0, 0.1) is 0 Å². The molecule has 0 saturated heterocycles. The second-order valence-electron chi connectivity index (χ2n) is 2.89. The average molecular weight is 179 g/mol. The van der Waals surface area contributed by atoms with Crippen LogP contribution in [0.5, 0.6) is 5.75 Å². The van der Waals surface area contributed by atoms with Crippen molar-refractivity contribution in [3.8, 4) is 5.75 Å². The maximum Gasteiger partial charge on any atom is 0.137 e. The number of hydrogen-bond donors (Lipinski definition) is 0. The highest BCUT2D eigenvalue weighted by Crippen LogP contribution is 2.08. The monoisotopic (exact) mass is 179 g/mol. The Morgan fingerprint density at radius 2 is 2.31 bits per heavy atom. The molecular formula is C10H13NO2. The molecule has 0 aliphatic carbocycles. The number of methoxy groups -OCH3 is 1. The lowest BCUT2D eigenvalue weighted by Gasteiger charge is -2.00. The van der Waals surface area contributed by atoms with E-state index in [4.69, 9.17) is 4.74 Å². The SMILES string of the molecule is COc1ccc(CCC(C)=O)nc1. The van der Waals surface area contributed by atoms with Gasteiger partial charge >= 0.3 is 0 Å². The van der Waals surface area contributed by atoms with E-state index in [1.54, 1.807) is 20.2 Å². The highest BCUT2D eigenvalue weighted by Gasteiger charge is 1.98. The largest absolute Gasteiger partial charge is 0.495 e. The number of pyridine rings is 1. The Hall–Kier alpha value is -1.38. The number of hydrogen-bond acceptors (Lipinski definition) is 3. The number of ketones is 1. The molecule has 0 fully saturated rings. The summed E-state index contributed by atoms with van der Waals surface area (Å²) in [6.07, 6.45) is 2.92. The van der Waals surface area contributed by atoms with E-state index in [-0.39, 0.29) is 5.78 Å². The molecule has 0 aromatic carbocycles. The lowest BCUT2D eigenvalue weighted by molar-refractivity contribution is -0.116. The van der Waals surface area contributed by atoms with Gasteiger partial charge in [-0.25, -0.2) is 0 Å². The number of aryl methyl sites for hydroxylation is 1. The Bertz CT molecular complexity index is 279. The molecular weight excluding hydrogens is 166 g/mol. The van der Waals surface area contributed by atoms with Crippen molar-refractivity contribution >= 4 is 5.78 Å². The maximum absolute atomic E-state index is 10.7. The van der Waals surface area contributed by atoms with Crippen molar-refractivity contribution in [3.63, 3.8) is 0 Å². The van der Waals surface area contributed by atoms with Crippen molar-refractivity contribution in [2.24, 2.45) is 0 Å².